The second-order valence-corrected chi connectivity index (χ2v) is 7.91. The highest BCUT2D eigenvalue weighted by Gasteiger charge is 2.40. The monoisotopic (exact) mass is 411 g/mol. The summed E-state index contributed by atoms with van der Waals surface area (Å²) in [6.45, 7) is 0.171. The zero-order valence-corrected chi connectivity index (χ0v) is 16.1. The first kappa shape index (κ1) is 19.0. The van der Waals surface area contributed by atoms with Crippen molar-refractivity contribution < 1.29 is 24.0 Å². The van der Waals surface area contributed by atoms with Crippen LogP contribution in [0.2, 0.25) is 0 Å². The predicted octanol–water partition coefficient (Wildman–Crippen LogP) is 1.01. The number of carbonyl (C=O) groups is 5. The number of benzene rings is 1. The molecule has 0 spiro atoms. The van der Waals surface area contributed by atoms with Crippen LogP contribution in [0.1, 0.15) is 44.0 Å². The Balaban J connectivity index is 1.52. The van der Waals surface area contributed by atoms with Crippen molar-refractivity contribution >= 4 is 40.9 Å². The fraction of sp³-hybridized carbons (Fsp3) is 0.250. The van der Waals surface area contributed by atoms with E-state index in [0.717, 1.165) is 4.88 Å². The zero-order chi connectivity index (χ0) is 20.5. The van der Waals surface area contributed by atoms with Gasteiger partial charge in [-0.05, 0) is 29.5 Å². The van der Waals surface area contributed by atoms with E-state index in [1.54, 1.807) is 18.2 Å². The van der Waals surface area contributed by atoms with Crippen LogP contribution in [-0.2, 0) is 27.3 Å². The van der Waals surface area contributed by atoms with Gasteiger partial charge in [0.25, 0.3) is 11.8 Å². The van der Waals surface area contributed by atoms with Crippen molar-refractivity contribution in [3.05, 3.63) is 57.3 Å². The Kier molecular flexibility index (Phi) is 4.98. The highest BCUT2D eigenvalue weighted by molar-refractivity contribution is 7.10. The summed E-state index contributed by atoms with van der Waals surface area (Å²) in [5, 5.41) is 6.42. The molecule has 1 saturated heterocycles. The highest BCUT2D eigenvalue weighted by Crippen LogP contribution is 2.29. The Morgan fingerprint density at radius 2 is 2.00 bits per heavy atom. The molecule has 4 rings (SSSR count). The third-order valence-electron chi connectivity index (χ3n) is 4.96. The predicted molar refractivity (Wildman–Crippen MR) is 103 cm³/mol. The standard InChI is InChI=1S/C20H17N3O5S/c24-15-7-6-14(19(27)21-15)23-10-11-3-1-5-13(17(11)20(23)28)18(26)22-16(25)9-12-4-2-8-29-12/h1-5,8,14H,6-7,9-10H2,(H,21,24,27)(H,22,25,26). The first-order chi connectivity index (χ1) is 13.9. The molecule has 1 aromatic carbocycles. The van der Waals surface area contributed by atoms with Gasteiger partial charge in [-0.15, -0.1) is 11.3 Å². The molecule has 0 bridgehead atoms. The summed E-state index contributed by atoms with van der Waals surface area (Å²) < 4.78 is 0. The number of nitrogens with one attached hydrogen (secondary N) is 2. The number of nitrogens with zero attached hydrogens (tertiary/aromatic N) is 1. The number of rotatable bonds is 4. The van der Waals surface area contributed by atoms with Crippen molar-refractivity contribution in [1.82, 2.24) is 15.5 Å². The summed E-state index contributed by atoms with van der Waals surface area (Å²) in [5.41, 5.74) is 0.901. The molecule has 2 aliphatic rings. The number of hydrogen-bond acceptors (Lipinski definition) is 6. The van der Waals surface area contributed by atoms with Gasteiger partial charge in [0.05, 0.1) is 17.5 Å². The van der Waals surface area contributed by atoms with E-state index >= 15 is 0 Å². The first-order valence-corrected chi connectivity index (χ1v) is 9.95. The number of hydrogen-bond donors (Lipinski definition) is 2. The van der Waals surface area contributed by atoms with E-state index in [2.05, 4.69) is 10.6 Å². The molecule has 2 aromatic rings. The van der Waals surface area contributed by atoms with Crippen molar-refractivity contribution in [3.63, 3.8) is 0 Å². The third kappa shape index (κ3) is 3.68. The minimum absolute atomic E-state index is 0.0782. The lowest BCUT2D eigenvalue weighted by Gasteiger charge is -2.29. The highest BCUT2D eigenvalue weighted by atomic mass is 32.1. The van der Waals surface area contributed by atoms with Crippen molar-refractivity contribution in [1.29, 1.82) is 0 Å². The van der Waals surface area contributed by atoms with Gasteiger partial charge in [0.1, 0.15) is 6.04 Å². The Labute approximate surface area is 169 Å². The molecule has 1 unspecified atom stereocenters. The minimum atomic E-state index is -0.760. The zero-order valence-electron chi connectivity index (χ0n) is 15.3. The van der Waals surface area contributed by atoms with E-state index in [9.17, 15) is 24.0 Å². The van der Waals surface area contributed by atoms with Crippen LogP contribution < -0.4 is 10.6 Å². The quantitative estimate of drug-likeness (QED) is 0.729. The van der Waals surface area contributed by atoms with Gasteiger partial charge >= 0.3 is 0 Å². The fourth-order valence-electron chi connectivity index (χ4n) is 3.61. The van der Waals surface area contributed by atoms with Gasteiger partial charge in [0.2, 0.25) is 17.7 Å². The van der Waals surface area contributed by atoms with Crippen LogP contribution in [0, 0.1) is 0 Å². The smallest absolute Gasteiger partial charge is 0.258 e. The van der Waals surface area contributed by atoms with E-state index in [0.29, 0.717) is 5.56 Å². The molecular weight excluding hydrogens is 394 g/mol. The molecule has 8 nitrogen and oxygen atoms in total. The topological polar surface area (TPSA) is 113 Å². The Morgan fingerprint density at radius 1 is 1.17 bits per heavy atom. The number of imide groups is 2. The SMILES string of the molecule is O=C(Cc1cccs1)NC(=O)c1cccc2c1C(=O)N(C1CCC(=O)NC1=O)C2. The second kappa shape index (κ2) is 7.59. The van der Waals surface area contributed by atoms with Gasteiger partial charge in [-0.3, -0.25) is 34.6 Å². The van der Waals surface area contributed by atoms with E-state index in [4.69, 9.17) is 0 Å². The Hall–Kier alpha value is -3.33. The lowest BCUT2D eigenvalue weighted by molar-refractivity contribution is -0.137. The van der Waals surface area contributed by atoms with Crippen molar-refractivity contribution in [2.24, 2.45) is 0 Å². The number of fused-ring (bicyclic) bond motifs is 1. The summed E-state index contributed by atoms with van der Waals surface area (Å²) in [7, 11) is 0. The largest absolute Gasteiger partial charge is 0.322 e. The lowest BCUT2D eigenvalue weighted by Crippen LogP contribution is -2.52. The molecule has 148 valence electrons. The molecule has 0 radical (unpaired) electrons. The lowest BCUT2D eigenvalue weighted by atomic mass is 10.0. The van der Waals surface area contributed by atoms with E-state index in [-0.39, 0.29) is 42.8 Å². The van der Waals surface area contributed by atoms with Gasteiger partial charge in [-0.25, -0.2) is 0 Å². The van der Waals surface area contributed by atoms with Gasteiger partial charge in [-0.2, -0.15) is 0 Å². The van der Waals surface area contributed by atoms with Crippen LogP contribution in [0.4, 0.5) is 0 Å². The molecular formula is C20H17N3O5S. The molecule has 9 heteroatoms. The van der Waals surface area contributed by atoms with Crippen LogP contribution >= 0.6 is 11.3 Å². The van der Waals surface area contributed by atoms with Crippen molar-refractivity contribution in [3.8, 4) is 0 Å². The van der Waals surface area contributed by atoms with E-state index < -0.39 is 29.7 Å². The molecule has 1 fully saturated rings. The molecule has 2 aliphatic heterocycles. The molecule has 3 heterocycles. The molecule has 1 atom stereocenters. The Morgan fingerprint density at radius 3 is 2.72 bits per heavy atom. The summed E-state index contributed by atoms with van der Waals surface area (Å²) in [5.74, 6) is -2.44. The van der Waals surface area contributed by atoms with E-state index in [1.807, 2.05) is 11.4 Å². The molecule has 29 heavy (non-hydrogen) atoms. The molecule has 1 aromatic heterocycles. The summed E-state index contributed by atoms with van der Waals surface area (Å²) in [4.78, 5) is 63.5. The number of amides is 5. The Bertz CT molecular complexity index is 1030. The van der Waals surface area contributed by atoms with Gasteiger partial charge in [0, 0.05) is 17.8 Å². The van der Waals surface area contributed by atoms with Crippen LogP contribution in [0.3, 0.4) is 0 Å². The van der Waals surface area contributed by atoms with Gasteiger partial charge < -0.3 is 4.90 Å². The van der Waals surface area contributed by atoms with Crippen molar-refractivity contribution in [2.45, 2.75) is 31.8 Å². The molecule has 0 aliphatic carbocycles. The molecule has 0 saturated carbocycles. The minimum Gasteiger partial charge on any atom is -0.322 e. The summed E-state index contributed by atoms with van der Waals surface area (Å²) in [6, 6.07) is 7.70. The number of carbonyl (C=O) groups excluding carboxylic acids is 5. The fourth-order valence-corrected chi connectivity index (χ4v) is 4.32. The normalized spacial score (nSPS) is 18.4. The molecule has 2 N–H and O–H groups in total. The van der Waals surface area contributed by atoms with Crippen LogP contribution in [0.25, 0.3) is 0 Å². The van der Waals surface area contributed by atoms with Crippen LogP contribution in [-0.4, -0.2) is 40.5 Å². The first-order valence-electron chi connectivity index (χ1n) is 9.07. The summed E-state index contributed by atoms with van der Waals surface area (Å²) in [6.07, 6.45) is 0.473. The third-order valence-corrected chi connectivity index (χ3v) is 5.84. The number of piperidine rings is 1. The van der Waals surface area contributed by atoms with Crippen LogP contribution in [0.15, 0.2) is 35.7 Å². The number of thiophene rings is 1. The average Bonchev–Trinajstić information content (AvgIpc) is 3.29. The van der Waals surface area contributed by atoms with Crippen LogP contribution in [0.5, 0.6) is 0 Å². The van der Waals surface area contributed by atoms with Crippen molar-refractivity contribution in [2.75, 3.05) is 0 Å². The maximum atomic E-state index is 13.0. The molecule has 5 amide bonds. The maximum Gasteiger partial charge on any atom is 0.258 e. The van der Waals surface area contributed by atoms with Gasteiger partial charge in [-0.1, -0.05) is 18.2 Å². The average molecular weight is 411 g/mol. The summed E-state index contributed by atoms with van der Waals surface area (Å²) >= 11 is 1.42. The van der Waals surface area contributed by atoms with Gasteiger partial charge in [0.15, 0.2) is 0 Å². The second-order valence-electron chi connectivity index (χ2n) is 6.87. The maximum absolute atomic E-state index is 13.0. The van der Waals surface area contributed by atoms with E-state index in [1.165, 1.54) is 22.3 Å².